The third-order valence-electron chi connectivity index (χ3n) is 4.09. The van der Waals surface area contributed by atoms with Crippen molar-refractivity contribution < 1.29 is 4.74 Å². The lowest BCUT2D eigenvalue weighted by atomic mass is 10.1. The van der Waals surface area contributed by atoms with Crippen LogP contribution in [-0.4, -0.2) is 44.3 Å². The molecule has 1 atom stereocenters. The molecule has 118 valence electrons. The van der Waals surface area contributed by atoms with Crippen molar-refractivity contribution in [3.63, 3.8) is 0 Å². The number of H-pyrrole nitrogens is 1. The summed E-state index contributed by atoms with van der Waals surface area (Å²) in [6.45, 7) is 6.92. The Kier molecular flexibility index (Phi) is 4.08. The van der Waals surface area contributed by atoms with Gasteiger partial charge < -0.3 is 9.72 Å². The van der Waals surface area contributed by atoms with E-state index >= 15 is 0 Å². The number of nitrogens with zero attached hydrogens (tertiary/aromatic N) is 4. The first-order valence-corrected chi connectivity index (χ1v) is 7.42. The lowest BCUT2D eigenvalue weighted by molar-refractivity contribution is -0.0352. The second-order valence-corrected chi connectivity index (χ2v) is 5.73. The van der Waals surface area contributed by atoms with Crippen molar-refractivity contribution in [2.24, 2.45) is 7.05 Å². The highest BCUT2D eigenvalue weighted by molar-refractivity contribution is 5.16. The van der Waals surface area contributed by atoms with Crippen LogP contribution < -0.4 is 5.56 Å². The number of aromatic nitrogens is 4. The summed E-state index contributed by atoms with van der Waals surface area (Å²) in [6, 6.07) is 1.52. The predicted molar refractivity (Wildman–Crippen MR) is 81.5 cm³/mol. The largest absolute Gasteiger partial charge is 0.369 e. The first-order valence-electron chi connectivity index (χ1n) is 7.42. The standard InChI is InChI=1S/C15H21N5O2/c1-10-12(7-16-19(10)3)8-20-4-5-22-14(9-20)13-6-15(21)18-11(2)17-13/h6-7,14H,4-5,8-9H2,1-3H3,(H,17,18,21). The zero-order valence-electron chi connectivity index (χ0n) is 13.2. The minimum Gasteiger partial charge on any atom is -0.369 e. The maximum atomic E-state index is 11.6. The maximum Gasteiger partial charge on any atom is 0.251 e. The molecule has 1 aliphatic rings. The van der Waals surface area contributed by atoms with E-state index in [-0.39, 0.29) is 11.7 Å². The van der Waals surface area contributed by atoms with E-state index in [1.807, 2.05) is 17.9 Å². The molecule has 7 heteroatoms. The van der Waals surface area contributed by atoms with Crippen LogP contribution in [0.1, 0.15) is 28.9 Å². The smallest absolute Gasteiger partial charge is 0.251 e. The zero-order chi connectivity index (χ0) is 15.7. The molecule has 22 heavy (non-hydrogen) atoms. The number of hydrogen-bond donors (Lipinski definition) is 1. The molecule has 0 saturated carbocycles. The fourth-order valence-corrected chi connectivity index (χ4v) is 2.73. The molecule has 1 aliphatic heterocycles. The second-order valence-electron chi connectivity index (χ2n) is 5.73. The van der Waals surface area contributed by atoms with E-state index in [1.54, 1.807) is 6.92 Å². The molecular weight excluding hydrogens is 282 g/mol. The second kappa shape index (κ2) is 6.02. The molecule has 7 nitrogen and oxygen atoms in total. The lowest BCUT2D eigenvalue weighted by Gasteiger charge is -2.32. The number of ether oxygens (including phenoxy) is 1. The van der Waals surface area contributed by atoms with Gasteiger partial charge in [-0.15, -0.1) is 0 Å². The molecular formula is C15H21N5O2. The highest BCUT2D eigenvalue weighted by atomic mass is 16.5. The molecule has 0 radical (unpaired) electrons. The first kappa shape index (κ1) is 14.9. The monoisotopic (exact) mass is 303 g/mol. The van der Waals surface area contributed by atoms with Gasteiger partial charge in [0.05, 0.1) is 18.5 Å². The Bertz CT molecular complexity index is 721. The van der Waals surface area contributed by atoms with Crippen LogP contribution in [0.3, 0.4) is 0 Å². The summed E-state index contributed by atoms with van der Waals surface area (Å²) >= 11 is 0. The van der Waals surface area contributed by atoms with Crippen LogP contribution in [0.2, 0.25) is 0 Å². The lowest BCUT2D eigenvalue weighted by Crippen LogP contribution is -2.38. The first-order chi connectivity index (χ1) is 10.5. The minimum atomic E-state index is -0.160. The number of aryl methyl sites for hydroxylation is 2. The molecule has 0 aliphatic carbocycles. The third-order valence-corrected chi connectivity index (χ3v) is 4.09. The summed E-state index contributed by atoms with van der Waals surface area (Å²) in [6.07, 6.45) is 1.75. The Morgan fingerprint density at radius 3 is 2.95 bits per heavy atom. The van der Waals surface area contributed by atoms with Crippen LogP contribution in [0.25, 0.3) is 0 Å². The third kappa shape index (κ3) is 3.10. The highest BCUT2D eigenvalue weighted by Crippen LogP contribution is 2.21. The summed E-state index contributed by atoms with van der Waals surface area (Å²) in [4.78, 5) is 21.0. The molecule has 3 heterocycles. The fourth-order valence-electron chi connectivity index (χ4n) is 2.73. The molecule has 1 unspecified atom stereocenters. The van der Waals surface area contributed by atoms with Gasteiger partial charge in [-0.3, -0.25) is 14.4 Å². The van der Waals surface area contributed by atoms with Gasteiger partial charge >= 0.3 is 0 Å². The van der Waals surface area contributed by atoms with E-state index in [4.69, 9.17) is 4.74 Å². The van der Waals surface area contributed by atoms with Crippen molar-refractivity contribution in [2.45, 2.75) is 26.5 Å². The summed E-state index contributed by atoms with van der Waals surface area (Å²) < 4.78 is 7.68. The van der Waals surface area contributed by atoms with Crippen LogP contribution in [0, 0.1) is 13.8 Å². The van der Waals surface area contributed by atoms with E-state index in [9.17, 15) is 4.79 Å². The number of nitrogens with one attached hydrogen (secondary N) is 1. The van der Waals surface area contributed by atoms with Gasteiger partial charge in [-0.1, -0.05) is 0 Å². The van der Waals surface area contributed by atoms with Gasteiger partial charge in [0.1, 0.15) is 11.9 Å². The van der Waals surface area contributed by atoms with Gasteiger partial charge in [0.25, 0.3) is 5.56 Å². The minimum absolute atomic E-state index is 0.133. The SMILES string of the molecule is Cc1nc(C2CN(Cc3cnn(C)c3C)CCO2)cc(=O)[nH]1. The molecule has 1 fully saturated rings. The van der Waals surface area contributed by atoms with Crippen LogP contribution in [-0.2, 0) is 18.3 Å². The quantitative estimate of drug-likeness (QED) is 0.903. The van der Waals surface area contributed by atoms with E-state index in [0.29, 0.717) is 18.1 Å². The molecule has 3 rings (SSSR count). The maximum absolute atomic E-state index is 11.6. The summed E-state index contributed by atoms with van der Waals surface area (Å²) in [5, 5.41) is 4.28. The van der Waals surface area contributed by atoms with Crippen molar-refractivity contribution in [1.82, 2.24) is 24.6 Å². The molecule has 1 N–H and O–H groups in total. The summed E-state index contributed by atoms with van der Waals surface area (Å²) in [7, 11) is 1.95. The molecule has 2 aromatic rings. The normalized spacial score (nSPS) is 19.5. The molecule has 2 aromatic heterocycles. The Hall–Kier alpha value is -1.99. The van der Waals surface area contributed by atoms with Gasteiger partial charge in [-0.25, -0.2) is 4.98 Å². The highest BCUT2D eigenvalue weighted by Gasteiger charge is 2.24. The van der Waals surface area contributed by atoms with E-state index in [2.05, 4.69) is 26.9 Å². The average molecular weight is 303 g/mol. The van der Waals surface area contributed by atoms with Crippen LogP contribution in [0.15, 0.2) is 17.1 Å². The van der Waals surface area contributed by atoms with Gasteiger partial charge in [0.15, 0.2) is 0 Å². The summed E-state index contributed by atoms with van der Waals surface area (Å²) in [5.74, 6) is 0.617. The van der Waals surface area contributed by atoms with Gasteiger partial charge in [0, 0.05) is 44.0 Å². The molecule has 0 bridgehead atoms. The average Bonchev–Trinajstić information content (AvgIpc) is 2.79. The predicted octanol–water partition coefficient (Wildman–Crippen LogP) is 0.694. The molecule has 0 amide bonds. The topological polar surface area (TPSA) is 76.0 Å². The Morgan fingerprint density at radius 1 is 1.45 bits per heavy atom. The van der Waals surface area contributed by atoms with Crippen molar-refractivity contribution in [1.29, 1.82) is 0 Å². The van der Waals surface area contributed by atoms with Crippen molar-refractivity contribution in [2.75, 3.05) is 19.7 Å². The van der Waals surface area contributed by atoms with Crippen molar-refractivity contribution >= 4 is 0 Å². The van der Waals surface area contributed by atoms with Crippen molar-refractivity contribution in [3.8, 4) is 0 Å². The number of rotatable bonds is 3. The molecule has 0 aromatic carbocycles. The summed E-state index contributed by atoms with van der Waals surface area (Å²) in [5.41, 5.74) is 2.96. The Morgan fingerprint density at radius 2 is 2.27 bits per heavy atom. The van der Waals surface area contributed by atoms with Crippen molar-refractivity contribution in [3.05, 3.63) is 45.4 Å². The van der Waals surface area contributed by atoms with Gasteiger partial charge in [-0.2, -0.15) is 5.10 Å². The van der Waals surface area contributed by atoms with E-state index in [0.717, 1.165) is 19.6 Å². The van der Waals surface area contributed by atoms with Gasteiger partial charge in [-0.05, 0) is 13.8 Å². The number of hydrogen-bond acceptors (Lipinski definition) is 5. The van der Waals surface area contributed by atoms with E-state index in [1.165, 1.54) is 17.3 Å². The Balaban J connectivity index is 1.74. The van der Waals surface area contributed by atoms with Gasteiger partial charge in [0.2, 0.25) is 0 Å². The number of aromatic amines is 1. The van der Waals surface area contributed by atoms with Crippen LogP contribution >= 0.6 is 0 Å². The number of morpholine rings is 1. The van der Waals surface area contributed by atoms with E-state index < -0.39 is 0 Å². The zero-order valence-corrected chi connectivity index (χ0v) is 13.2. The van der Waals surface area contributed by atoms with Crippen LogP contribution in [0.4, 0.5) is 0 Å². The molecule has 1 saturated heterocycles. The van der Waals surface area contributed by atoms with Crippen LogP contribution in [0.5, 0.6) is 0 Å². The Labute approximate surface area is 128 Å². The molecule has 0 spiro atoms. The fraction of sp³-hybridized carbons (Fsp3) is 0.533.